The van der Waals surface area contributed by atoms with Crippen LogP contribution in [0.15, 0.2) is 30.3 Å². The number of hydrogen-bond donors (Lipinski definition) is 2. The van der Waals surface area contributed by atoms with Gasteiger partial charge < -0.3 is 15.2 Å². The summed E-state index contributed by atoms with van der Waals surface area (Å²) in [6, 6.07) is 9.69. The van der Waals surface area contributed by atoms with E-state index in [4.69, 9.17) is 0 Å². The molecule has 0 aromatic heterocycles. The minimum atomic E-state index is -0.743. The number of benzene rings is 1. The number of rotatable bonds is 6. The Balaban J connectivity index is 2.56. The van der Waals surface area contributed by atoms with Gasteiger partial charge in [-0.25, -0.2) is 0 Å². The highest BCUT2D eigenvalue weighted by molar-refractivity contribution is 5.69. The highest BCUT2D eigenvalue weighted by Gasteiger charge is 2.21. The summed E-state index contributed by atoms with van der Waals surface area (Å²) in [5.41, 5.74) is 1.12. The van der Waals surface area contributed by atoms with Crippen molar-refractivity contribution in [2.75, 3.05) is 14.2 Å². The Hall–Kier alpha value is -1.39. The third-order valence-corrected chi connectivity index (χ3v) is 2.74. The Kier molecular flexibility index (Phi) is 5.66. The Morgan fingerprint density at radius 1 is 1.41 bits per heavy atom. The van der Waals surface area contributed by atoms with Crippen LogP contribution in [-0.2, 0) is 16.0 Å². The third kappa shape index (κ3) is 4.54. The van der Waals surface area contributed by atoms with Gasteiger partial charge >= 0.3 is 5.97 Å². The van der Waals surface area contributed by atoms with E-state index in [1.165, 1.54) is 7.11 Å². The molecule has 94 valence electrons. The lowest BCUT2D eigenvalue weighted by molar-refractivity contribution is -0.143. The second-order valence-corrected chi connectivity index (χ2v) is 3.93. The standard InChI is InChI=1S/C13H19NO3/c1-14-11(12(15)9-13(16)17-2)8-10-6-4-3-5-7-10/h3-7,11-12,14-15H,8-9H2,1-2H3/t11-,12+/m0/s1. The zero-order valence-electron chi connectivity index (χ0n) is 10.2. The van der Waals surface area contributed by atoms with Crippen LogP contribution in [0.5, 0.6) is 0 Å². The molecule has 4 nitrogen and oxygen atoms in total. The van der Waals surface area contributed by atoms with Gasteiger partial charge in [0.2, 0.25) is 0 Å². The van der Waals surface area contributed by atoms with Gasteiger partial charge in [-0.1, -0.05) is 30.3 Å². The van der Waals surface area contributed by atoms with Crippen LogP contribution in [0.4, 0.5) is 0 Å². The molecule has 0 radical (unpaired) electrons. The molecule has 4 heteroatoms. The maximum atomic E-state index is 11.1. The van der Waals surface area contributed by atoms with Gasteiger partial charge in [-0.05, 0) is 19.0 Å². The summed E-state index contributed by atoms with van der Waals surface area (Å²) in [7, 11) is 3.09. The van der Waals surface area contributed by atoms with Crippen molar-refractivity contribution in [3.8, 4) is 0 Å². The van der Waals surface area contributed by atoms with Gasteiger partial charge in [-0.2, -0.15) is 0 Å². The predicted molar refractivity (Wildman–Crippen MR) is 65.6 cm³/mol. The highest BCUT2D eigenvalue weighted by atomic mass is 16.5. The lowest BCUT2D eigenvalue weighted by atomic mass is 9.99. The molecule has 0 saturated heterocycles. The number of hydrogen-bond acceptors (Lipinski definition) is 4. The number of carbonyl (C=O) groups is 1. The monoisotopic (exact) mass is 237 g/mol. The number of nitrogens with one attached hydrogen (secondary N) is 1. The molecule has 0 heterocycles. The van der Waals surface area contributed by atoms with Crippen molar-refractivity contribution in [3.63, 3.8) is 0 Å². The van der Waals surface area contributed by atoms with Gasteiger partial charge in [0.15, 0.2) is 0 Å². The fourth-order valence-electron chi connectivity index (χ4n) is 1.69. The first kappa shape index (κ1) is 13.7. The normalized spacial score (nSPS) is 14.1. The lowest BCUT2D eigenvalue weighted by Gasteiger charge is -2.21. The van der Waals surface area contributed by atoms with Crippen LogP contribution in [0.2, 0.25) is 0 Å². The van der Waals surface area contributed by atoms with E-state index in [1.807, 2.05) is 30.3 Å². The quantitative estimate of drug-likeness (QED) is 0.717. The number of aliphatic hydroxyl groups is 1. The number of esters is 1. The summed E-state index contributed by atoms with van der Waals surface area (Å²) in [5, 5.41) is 12.9. The van der Waals surface area contributed by atoms with E-state index in [0.717, 1.165) is 5.56 Å². The largest absolute Gasteiger partial charge is 0.469 e. The molecule has 2 atom stereocenters. The molecule has 0 unspecified atom stereocenters. The minimum Gasteiger partial charge on any atom is -0.469 e. The Morgan fingerprint density at radius 2 is 2.06 bits per heavy atom. The summed E-state index contributed by atoms with van der Waals surface area (Å²) >= 11 is 0. The Bertz CT molecular complexity index is 340. The number of ether oxygens (including phenoxy) is 1. The molecule has 0 amide bonds. The third-order valence-electron chi connectivity index (χ3n) is 2.74. The molecule has 0 bridgehead atoms. The Labute approximate surface area is 102 Å². The van der Waals surface area contributed by atoms with Gasteiger partial charge in [0.05, 0.1) is 19.6 Å². The number of methoxy groups -OCH3 is 1. The second kappa shape index (κ2) is 7.04. The summed E-state index contributed by atoms with van der Waals surface area (Å²) < 4.78 is 4.54. The topological polar surface area (TPSA) is 58.6 Å². The lowest BCUT2D eigenvalue weighted by Crippen LogP contribution is -2.40. The van der Waals surface area contributed by atoms with E-state index in [0.29, 0.717) is 6.42 Å². The average Bonchev–Trinajstić information content (AvgIpc) is 2.36. The summed E-state index contributed by atoms with van der Waals surface area (Å²) in [5.74, 6) is -0.397. The number of carbonyl (C=O) groups excluding carboxylic acids is 1. The van der Waals surface area contributed by atoms with Gasteiger partial charge in [-0.3, -0.25) is 4.79 Å². The molecule has 17 heavy (non-hydrogen) atoms. The van der Waals surface area contributed by atoms with Crippen LogP contribution in [0.3, 0.4) is 0 Å². The predicted octanol–water partition coefficient (Wildman–Crippen LogP) is 0.741. The van der Waals surface area contributed by atoms with E-state index in [-0.39, 0.29) is 12.5 Å². The molecular weight excluding hydrogens is 218 g/mol. The molecule has 0 aliphatic heterocycles. The molecule has 0 aliphatic rings. The van der Waals surface area contributed by atoms with E-state index in [1.54, 1.807) is 7.05 Å². The van der Waals surface area contributed by atoms with Crippen LogP contribution < -0.4 is 5.32 Å². The molecule has 0 spiro atoms. The summed E-state index contributed by atoms with van der Waals surface area (Å²) in [6.07, 6.45) is -0.0580. The van der Waals surface area contributed by atoms with E-state index in [2.05, 4.69) is 10.1 Å². The van der Waals surface area contributed by atoms with E-state index >= 15 is 0 Å². The number of likely N-dealkylation sites (N-methyl/N-ethyl adjacent to an activating group) is 1. The zero-order valence-corrected chi connectivity index (χ0v) is 10.2. The van der Waals surface area contributed by atoms with Crippen LogP contribution in [0.1, 0.15) is 12.0 Å². The summed E-state index contributed by atoms with van der Waals surface area (Å²) in [4.78, 5) is 11.1. The van der Waals surface area contributed by atoms with Gasteiger partial charge in [0.1, 0.15) is 0 Å². The maximum Gasteiger partial charge on any atom is 0.308 e. The van der Waals surface area contributed by atoms with Crippen LogP contribution in [0.25, 0.3) is 0 Å². The van der Waals surface area contributed by atoms with Gasteiger partial charge in [-0.15, -0.1) is 0 Å². The zero-order chi connectivity index (χ0) is 12.7. The van der Waals surface area contributed by atoms with Crippen molar-refractivity contribution in [2.24, 2.45) is 0 Å². The Morgan fingerprint density at radius 3 is 2.59 bits per heavy atom. The van der Waals surface area contributed by atoms with Crippen molar-refractivity contribution >= 4 is 5.97 Å². The highest BCUT2D eigenvalue weighted by Crippen LogP contribution is 2.08. The van der Waals surface area contributed by atoms with E-state index < -0.39 is 12.1 Å². The molecule has 1 aromatic rings. The van der Waals surface area contributed by atoms with Crippen LogP contribution in [-0.4, -0.2) is 37.4 Å². The SMILES string of the molecule is CN[C@@H](Cc1ccccc1)[C@H](O)CC(=O)OC. The van der Waals surface area contributed by atoms with Crippen molar-refractivity contribution in [1.82, 2.24) is 5.32 Å². The fraction of sp³-hybridized carbons (Fsp3) is 0.462. The van der Waals surface area contributed by atoms with Gasteiger partial charge in [0.25, 0.3) is 0 Å². The van der Waals surface area contributed by atoms with Crippen molar-refractivity contribution in [1.29, 1.82) is 0 Å². The van der Waals surface area contributed by atoms with Crippen molar-refractivity contribution in [2.45, 2.75) is 25.0 Å². The van der Waals surface area contributed by atoms with E-state index in [9.17, 15) is 9.90 Å². The van der Waals surface area contributed by atoms with Gasteiger partial charge in [0, 0.05) is 6.04 Å². The van der Waals surface area contributed by atoms with Crippen LogP contribution >= 0.6 is 0 Å². The first-order chi connectivity index (χ1) is 8.17. The fourth-order valence-corrected chi connectivity index (χ4v) is 1.69. The molecule has 0 fully saturated rings. The maximum absolute atomic E-state index is 11.1. The molecule has 1 rings (SSSR count). The molecule has 0 saturated carbocycles. The molecular formula is C13H19NO3. The minimum absolute atomic E-state index is 0.00877. The second-order valence-electron chi connectivity index (χ2n) is 3.93. The molecule has 2 N–H and O–H groups in total. The first-order valence-electron chi connectivity index (χ1n) is 5.63. The number of aliphatic hydroxyl groups excluding tert-OH is 1. The average molecular weight is 237 g/mol. The van der Waals surface area contributed by atoms with Crippen molar-refractivity contribution < 1.29 is 14.6 Å². The summed E-state index contributed by atoms with van der Waals surface area (Å²) in [6.45, 7) is 0. The van der Waals surface area contributed by atoms with Crippen molar-refractivity contribution in [3.05, 3.63) is 35.9 Å². The molecule has 1 aromatic carbocycles. The molecule has 0 aliphatic carbocycles. The first-order valence-corrected chi connectivity index (χ1v) is 5.63. The van der Waals surface area contributed by atoms with Crippen LogP contribution in [0, 0.1) is 0 Å². The smallest absolute Gasteiger partial charge is 0.308 e.